The van der Waals surface area contributed by atoms with Crippen LogP contribution in [0.5, 0.6) is 0 Å². The van der Waals surface area contributed by atoms with Crippen LogP contribution in [0.2, 0.25) is 0 Å². The minimum Gasteiger partial charge on any atom is -0.382 e. The van der Waals surface area contributed by atoms with E-state index >= 15 is 0 Å². The zero-order valence-corrected chi connectivity index (χ0v) is 11.1. The molecule has 0 amide bonds. The predicted molar refractivity (Wildman–Crippen MR) is 65.6 cm³/mol. The van der Waals surface area contributed by atoms with Gasteiger partial charge in [0, 0.05) is 19.1 Å². The fourth-order valence-electron chi connectivity index (χ4n) is 1.44. The Bertz CT molecular complexity index is 129. The molecule has 1 unspecified atom stereocenters. The average molecular weight is 237 g/mol. The summed E-state index contributed by atoms with van der Waals surface area (Å²) in [5, 5.41) is 0.337. The van der Waals surface area contributed by atoms with Crippen molar-refractivity contribution in [3.8, 4) is 0 Å². The summed E-state index contributed by atoms with van der Waals surface area (Å²) < 4.78 is 10.3. The van der Waals surface area contributed by atoms with Crippen molar-refractivity contribution in [1.82, 2.24) is 0 Å². The van der Waals surface area contributed by atoms with Crippen LogP contribution in [-0.2, 0) is 9.47 Å². The van der Waals surface area contributed by atoms with Crippen molar-refractivity contribution in [2.24, 2.45) is 5.92 Å². The number of hydrogen-bond donors (Lipinski definition) is 0. The second kappa shape index (κ2) is 10.7. The van der Waals surface area contributed by atoms with Gasteiger partial charge in [0.25, 0.3) is 0 Å². The molecule has 0 saturated heterocycles. The van der Waals surface area contributed by atoms with Crippen LogP contribution in [0, 0.1) is 5.92 Å². The fourth-order valence-corrected chi connectivity index (χ4v) is 1.95. The lowest BCUT2D eigenvalue weighted by Gasteiger charge is -2.11. The average Bonchev–Trinajstić information content (AvgIpc) is 2.15. The van der Waals surface area contributed by atoms with Crippen LogP contribution in [0.15, 0.2) is 0 Å². The molecule has 0 heterocycles. The Labute approximate surface area is 99.3 Å². The molecule has 0 aromatic heterocycles. The van der Waals surface area contributed by atoms with Crippen LogP contribution < -0.4 is 0 Å². The Balaban J connectivity index is 3.09. The summed E-state index contributed by atoms with van der Waals surface area (Å²) in [5.74, 6) is 0.699. The molecule has 1 atom stereocenters. The summed E-state index contributed by atoms with van der Waals surface area (Å²) in [4.78, 5) is 0. The first-order valence-electron chi connectivity index (χ1n) is 5.87. The van der Waals surface area contributed by atoms with Crippen molar-refractivity contribution in [2.45, 2.75) is 44.9 Å². The Morgan fingerprint density at radius 1 is 1.07 bits per heavy atom. The van der Waals surface area contributed by atoms with Crippen LogP contribution in [0.4, 0.5) is 0 Å². The number of hydrogen-bond acceptors (Lipinski definition) is 2. The van der Waals surface area contributed by atoms with Crippen molar-refractivity contribution in [3.05, 3.63) is 0 Å². The van der Waals surface area contributed by atoms with Crippen LogP contribution >= 0.6 is 11.6 Å². The smallest absolute Gasteiger partial charge is 0.0700 e. The Kier molecular flexibility index (Phi) is 10.9. The molecule has 0 aliphatic heterocycles. The van der Waals surface area contributed by atoms with E-state index in [1.807, 2.05) is 0 Å². The van der Waals surface area contributed by atoms with Gasteiger partial charge >= 0.3 is 0 Å². The maximum Gasteiger partial charge on any atom is 0.0700 e. The lowest BCUT2D eigenvalue weighted by molar-refractivity contribution is 0.0686. The summed E-state index contributed by atoms with van der Waals surface area (Å²) in [6, 6.07) is 0. The largest absolute Gasteiger partial charge is 0.382 e. The topological polar surface area (TPSA) is 18.5 Å². The second-order valence-corrected chi connectivity index (χ2v) is 4.94. The van der Waals surface area contributed by atoms with Gasteiger partial charge in [-0.25, -0.2) is 0 Å². The number of unbranched alkanes of at least 4 members (excludes halogenated alkanes) is 1. The summed E-state index contributed by atoms with van der Waals surface area (Å²) in [6.07, 6.45) is 4.48. The lowest BCUT2D eigenvalue weighted by Crippen LogP contribution is -2.05. The van der Waals surface area contributed by atoms with E-state index in [4.69, 9.17) is 21.1 Å². The van der Waals surface area contributed by atoms with Crippen molar-refractivity contribution in [2.75, 3.05) is 26.9 Å². The van der Waals surface area contributed by atoms with E-state index in [2.05, 4.69) is 13.8 Å². The van der Waals surface area contributed by atoms with E-state index in [1.54, 1.807) is 7.11 Å². The van der Waals surface area contributed by atoms with Crippen LogP contribution in [0.3, 0.4) is 0 Å². The Hall–Kier alpha value is 0.210. The van der Waals surface area contributed by atoms with Crippen LogP contribution in [0.25, 0.3) is 0 Å². The zero-order chi connectivity index (χ0) is 11.5. The van der Waals surface area contributed by atoms with Crippen molar-refractivity contribution in [3.63, 3.8) is 0 Å². The molecule has 0 fully saturated rings. The third-order valence-electron chi connectivity index (χ3n) is 2.21. The molecule has 3 heteroatoms. The van der Waals surface area contributed by atoms with Crippen LogP contribution in [-0.4, -0.2) is 32.3 Å². The Morgan fingerprint density at radius 3 is 2.40 bits per heavy atom. The molecule has 0 aliphatic rings. The van der Waals surface area contributed by atoms with E-state index < -0.39 is 0 Å². The maximum atomic E-state index is 6.18. The number of methoxy groups -OCH3 is 1. The van der Waals surface area contributed by atoms with E-state index in [-0.39, 0.29) is 0 Å². The number of rotatable bonds is 10. The minimum atomic E-state index is 0.337. The lowest BCUT2D eigenvalue weighted by atomic mass is 10.0. The van der Waals surface area contributed by atoms with E-state index in [9.17, 15) is 0 Å². The highest BCUT2D eigenvalue weighted by Gasteiger charge is 2.06. The number of halogens is 1. The van der Waals surface area contributed by atoms with Crippen LogP contribution in [0.1, 0.15) is 39.5 Å². The third kappa shape index (κ3) is 12.1. The highest BCUT2D eigenvalue weighted by atomic mass is 35.5. The van der Waals surface area contributed by atoms with Gasteiger partial charge in [0.2, 0.25) is 0 Å². The second-order valence-electron chi connectivity index (χ2n) is 4.33. The van der Waals surface area contributed by atoms with Gasteiger partial charge < -0.3 is 9.47 Å². The predicted octanol–water partition coefficient (Wildman–Crippen LogP) is 3.47. The van der Waals surface area contributed by atoms with Gasteiger partial charge in [-0.3, -0.25) is 0 Å². The zero-order valence-electron chi connectivity index (χ0n) is 10.3. The highest BCUT2D eigenvalue weighted by Crippen LogP contribution is 2.16. The van der Waals surface area contributed by atoms with Gasteiger partial charge in [0.1, 0.15) is 0 Å². The molecular formula is C12H25ClO2. The fraction of sp³-hybridized carbons (Fsp3) is 1.00. The van der Waals surface area contributed by atoms with Crippen molar-refractivity contribution in [1.29, 1.82) is 0 Å². The first-order valence-corrected chi connectivity index (χ1v) is 6.31. The standard InChI is InChI=1S/C12H25ClO2/c1-11(2)10-12(13)6-4-5-7-15-9-8-14-3/h11-12H,4-10H2,1-3H3. The van der Waals surface area contributed by atoms with E-state index in [1.165, 1.54) is 0 Å². The summed E-state index contributed by atoms with van der Waals surface area (Å²) in [6.45, 7) is 6.64. The first-order chi connectivity index (χ1) is 7.16. The molecule has 0 N–H and O–H groups in total. The molecule has 0 bridgehead atoms. The van der Waals surface area contributed by atoms with Gasteiger partial charge in [-0.15, -0.1) is 11.6 Å². The molecule has 0 radical (unpaired) electrons. The van der Waals surface area contributed by atoms with E-state index in [0.717, 1.165) is 32.3 Å². The van der Waals surface area contributed by atoms with Crippen molar-refractivity contribution >= 4 is 11.6 Å². The molecule has 2 nitrogen and oxygen atoms in total. The summed E-state index contributed by atoms with van der Waals surface area (Å²) in [7, 11) is 1.69. The monoisotopic (exact) mass is 236 g/mol. The van der Waals surface area contributed by atoms with Crippen molar-refractivity contribution < 1.29 is 9.47 Å². The summed E-state index contributed by atoms with van der Waals surface area (Å²) >= 11 is 6.18. The molecule has 15 heavy (non-hydrogen) atoms. The molecular weight excluding hydrogens is 212 g/mol. The van der Waals surface area contributed by atoms with Gasteiger partial charge in [-0.2, -0.15) is 0 Å². The molecule has 0 spiro atoms. The molecule has 92 valence electrons. The normalized spacial score (nSPS) is 13.4. The first kappa shape index (κ1) is 15.2. The van der Waals surface area contributed by atoms with E-state index in [0.29, 0.717) is 24.5 Å². The van der Waals surface area contributed by atoms with Gasteiger partial charge in [-0.1, -0.05) is 13.8 Å². The quantitative estimate of drug-likeness (QED) is 0.427. The van der Waals surface area contributed by atoms with Gasteiger partial charge in [0.05, 0.1) is 13.2 Å². The third-order valence-corrected chi connectivity index (χ3v) is 2.61. The maximum absolute atomic E-state index is 6.18. The molecule has 0 aromatic carbocycles. The SMILES string of the molecule is COCCOCCCCC(Cl)CC(C)C. The number of alkyl halides is 1. The molecule has 0 saturated carbocycles. The molecule has 0 aromatic rings. The molecule has 0 rings (SSSR count). The highest BCUT2D eigenvalue weighted by molar-refractivity contribution is 6.20. The minimum absolute atomic E-state index is 0.337. The summed E-state index contributed by atoms with van der Waals surface area (Å²) in [5.41, 5.74) is 0. The van der Waals surface area contributed by atoms with Gasteiger partial charge in [-0.05, 0) is 31.6 Å². The Morgan fingerprint density at radius 2 is 1.80 bits per heavy atom. The number of ether oxygens (including phenoxy) is 2. The molecule has 0 aliphatic carbocycles. The van der Waals surface area contributed by atoms with Gasteiger partial charge in [0.15, 0.2) is 0 Å².